The molecule has 124 valence electrons. The summed E-state index contributed by atoms with van der Waals surface area (Å²) >= 11 is 0. The van der Waals surface area contributed by atoms with Gasteiger partial charge in [-0.1, -0.05) is 0 Å². The minimum absolute atomic E-state index is 0.0907. The molecule has 1 fully saturated rings. The molecule has 2 unspecified atom stereocenters. The van der Waals surface area contributed by atoms with E-state index in [1.807, 2.05) is 0 Å². The summed E-state index contributed by atoms with van der Waals surface area (Å²) in [6.45, 7) is 0. The number of carbonyl (C=O) groups is 1. The van der Waals surface area contributed by atoms with Crippen molar-refractivity contribution < 1.29 is 48.5 Å². The van der Waals surface area contributed by atoms with Gasteiger partial charge in [0.1, 0.15) is 16.6 Å². The zero-order valence-corrected chi connectivity index (χ0v) is 10.6. The van der Waals surface area contributed by atoms with Gasteiger partial charge >= 0.3 is 23.3 Å². The van der Waals surface area contributed by atoms with E-state index in [4.69, 9.17) is 0 Å². The number of rotatable bonds is 4. The van der Waals surface area contributed by atoms with Gasteiger partial charge in [0.25, 0.3) is 0 Å². The number of ketones is 1. The van der Waals surface area contributed by atoms with Crippen molar-refractivity contribution in [3.05, 3.63) is 0 Å². The average Bonchev–Trinajstić information content (AvgIpc) is 2.72. The van der Waals surface area contributed by atoms with Gasteiger partial charge < -0.3 is 0 Å². The lowest BCUT2D eigenvalue weighted by molar-refractivity contribution is -0.381. The second kappa shape index (κ2) is 5.13. The summed E-state index contributed by atoms with van der Waals surface area (Å²) in [7, 11) is -4.20. The normalized spacial score (nSPS) is 23.5. The molecule has 0 aromatic carbocycles. The maximum absolute atomic E-state index is 13.3. The Balaban J connectivity index is 3.21. The molecule has 0 bridgehead atoms. The SMILES string of the molecule is O=C1CCCC1S(=O)C(F)(F)C(F)(F)C(F)(F)C(F)(F)F. The molecule has 1 saturated carbocycles. The Labute approximate surface area is 114 Å². The summed E-state index contributed by atoms with van der Waals surface area (Å²) in [6.07, 6.45) is -7.99. The fraction of sp³-hybridized carbons (Fsp3) is 0.889. The van der Waals surface area contributed by atoms with Gasteiger partial charge in [-0.05, 0) is 12.8 Å². The van der Waals surface area contributed by atoms with Crippen molar-refractivity contribution in [1.82, 2.24) is 0 Å². The Hall–Kier alpha value is -0.810. The summed E-state index contributed by atoms with van der Waals surface area (Å²) < 4.78 is 124. The highest BCUT2D eigenvalue weighted by atomic mass is 32.2. The monoisotopic (exact) mass is 350 g/mol. The van der Waals surface area contributed by atoms with Crippen LogP contribution in [0.3, 0.4) is 0 Å². The molecule has 0 amide bonds. The fourth-order valence-corrected chi connectivity index (χ4v) is 3.15. The van der Waals surface area contributed by atoms with E-state index in [9.17, 15) is 48.5 Å². The topological polar surface area (TPSA) is 34.1 Å². The lowest BCUT2D eigenvalue weighted by atomic mass is 10.1. The predicted molar refractivity (Wildman–Crippen MR) is 51.7 cm³/mol. The first-order valence-electron chi connectivity index (χ1n) is 5.31. The van der Waals surface area contributed by atoms with Gasteiger partial charge in [-0.3, -0.25) is 9.00 Å². The van der Waals surface area contributed by atoms with Gasteiger partial charge in [0.2, 0.25) is 0 Å². The number of Topliss-reactive ketones (excluding diaryl/α,β-unsaturated/α-hetero) is 1. The van der Waals surface area contributed by atoms with Gasteiger partial charge in [0.05, 0.1) is 5.25 Å². The highest BCUT2D eigenvalue weighted by Gasteiger charge is 2.83. The summed E-state index contributed by atoms with van der Waals surface area (Å²) in [5.41, 5.74) is 0. The fourth-order valence-electron chi connectivity index (χ4n) is 1.68. The molecule has 0 spiro atoms. The highest BCUT2D eigenvalue weighted by Crippen LogP contribution is 2.54. The summed E-state index contributed by atoms with van der Waals surface area (Å²) in [6, 6.07) is 0. The van der Waals surface area contributed by atoms with Crippen LogP contribution in [0, 0.1) is 0 Å². The van der Waals surface area contributed by atoms with Crippen molar-refractivity contribution in [2.45, 2.75) is 47.8 Å². The molecule has 0 N–H and O–H groups in total. The average molecular weight is 350 g/mol. The molecule has 12 heteroatoms. The quantitative estimate of drug-likeness (QED) is 0.730. The Morgan fingerprint density at radius 2 is 1.38 bits per heavy atom. The smallest absolute Gasteiger partial charge is 0.298 e. The Morgan fingerprint density at radius 1 is 0.905 bits per heavy atom. The van der Waals surface area contributed by atoms with Crippen molar-refractivity contribution >= 4 is 16.6 Å². The van der Waals surface area contributed by atoms with E-state index in [2.05, 4.69) is 0 Å². The van der Waals surface area contributed by atoms with E-state index in [-0.39, 0.29) is 12.8 Å². The summed E-state index contributed by atoms with van der Waals surface area (Å²) in [5, 5.41) is -8.40. The van der Waals surface area contributed by atoms with Gasteiger partial charge in [0.15, 0.2) is 0 Å². The summed E-state index contributed by atoms with van der Waals surface area (Å²) in [4.78, 5) is 11.1. The van der Waals surface area contributed by atoms with Crippen LogP contribution in [0.15, 0.2) is 0 Å². The Morgan fingerprint density at radius 3 is 1.71 bits per heavy atom. The standard InChI is InChI=1S/C9H7F9O2S/c10-6(11,8(14,15)16)7(12,13)9(17,18)21(20)5-3-1-2-4(5)19/h5H,1-3H2. The molecule has 1 rings (SSSR count). The zero-order valence-electron chi connectivity index (χ0n) is 9.83. The van der Waals surface area contributed by atoms with Crippen molar-refractivity contribution in [2.75, 3.05) is 0 Å². The molecule has 2 nitrogen and oxygen atoms in total. The second-order valence-electron chi connectivity index (χ2n) is 4.31. The molecule has 0 heterocycles. The second-order valence-corrected chi connectivity index (χ2v) is 5.98. The molecule has 1 aliphatic carbocycles. The zero-order chi connectivity index (χ0) is 16.9. The van der Waals surface area contributed by atoms with Crippen molar-refractivity contribution in [3.63, 3.8) is 0 Å². The molecule has 2 atom stereocenters. The van der Waals surface area contributed by atoms with E-state index in [1.165, 1.54) is 0 Å². The van der Waals surface area contributed by atoms with Crippen LogP contribution in [-0.4, -0.2) is 38.5 Å². The van der Waals surface area contributed by atoms with E-state index in [0.717, 1.165) is 0 Å². The van der Waals surface area contributed by atoms with Crippen molar-refractivity contribution in [3.8, 4) is 0 Å². The van der Waals surface area contributed by atoms with Crippen molar-refractivity contribution in [2.24, 2.45) is 0 Å². The van der Waals surface area contributed by atoms with Crippen LogP contribution < -0.4 is 0 Å². The maximum Gasteiger partial charge on any atom is 0.460 e. The van der Waals surface area contributed by atoms with Gasteiger partial charge in [-0.2, -0.15) is 39.5 Å². The lowest BCUT2D eigenvalue weighted by Crippen LogP contribution is -2.63. The van der Waals surface area contributed by atoms with Crippen LogP contribution in [0.25, 0.3) is 0 Å². The molecule has 0 aromatic rings. The van der Waals surface area contributed by atoms with Crippen LogP contribution in [0.5, 0.6) is 0 Å². The molecule has 1 aliphatic rings. The third-order valence-corrected chi connectivity index (χ3v) is 4.65. The third-order valence-electron chi connectivity index (χ3n) is 2.88. The Bertz CT molecular complexity index is 457. The predicted octanol–water partition coefficient (Wildman–Crippen LogP) is 3.28. The molecule has 21 heavy (non-hydrogen) atoms. The first kappa shape index (κ1) is 18.2. The lowest BCUT2D eigenvalue weighted by Gasteiger charge is -2.33. The molecule has 0 aromatic heterocycles. The number of hydrogen-bond acceptors (Lipinski definition) is 2. The van der Waals surface area contributed by atoms with E-state index in [1.54, 1.807) is 0 Å². The van der Waals surface area contributed by atoms with Gasteiger partial charge in [-0.15, -0.1) is 0 Å². The minimum Gasteiger partial charge on any atom is -0.298 e. The summed E-state index contributed by atoms with van der Waals surface area (Å²) in [5.74, 6) is -15.2. The number of carbonyl (C=O) groups excluding carboxylic acids is 1. The van der Waals surface area contributed by atoms with Gasteiger partial charge in [-0.25, -0.2) is 0 Å². The van der Waals surface area contributed by atoms with E-state index in [0.29, 0.717) is 0 Å². The minimum atomic E-state index is -7.10. The van der Waals surface area contributed by atoms with Crippen LogP contribution in [0.2, 0.25) is 0 Å². The molecule has 0 aliphatic heterocycles. The number of hydrogen-bond donors (Lipinski definition) is 0. The molecular formula is C9H7F9O2S. The number of halogens is 9. The first-order chi connectivity index (χ1) is 9.18. The number of alkyl halides is 9. The van der Waals surface area contributed by atoms with E-state index < -0.39 is 51.5 Å². The van der Waals surface area contributed by atoms with Crippen LogP contribution >= 0.6 is 0 Å². The highest BCUT2D eigenvalue weighted by molar-refractivity contribution is 7.87. The molecule has 0 saturated heterocycles. The van der Waals surface area contributed by atoms with Crippen LogP contribution in [-0.2, 0) is 15.6 Å². The largest absolute Gasteiger partial charge is 0.460 e. The van der Waals surface area contributed by atoms with Crippen molar-refractivity contribution in [1.29, 1.82) is 0 Å². The van der Waals surface area contributed by atoms with Crippen LogP contribution in [0.4, 0.5) is 39.5 Å². The van der Waals surface area contributed by atoms with E-state index >= 15 is 0 Å². The first-order valence-corrected chi connectivity index (χ1v) is 6.52. The van der Waals surface area contributed by atoms with Crippen LogP contribution in [0.1, 0.15) is 19.3 Å². The Kier molecular flexibility index (Phi) is 4.45. The molecule has 0 radical (unpaired) electrons. The maximum atomic E-state index is 13.3. The third kappa shape index (κ3) is 2.66. The molecular weight excluding hydrogens is 343 g/mol. The van der Waals surface area contributed by atoms with Gasteiger partial charge in [0, 0.05) is 6.42 Å².